The molecule has 0 aliphatic heterocycles. The molecule has 6 heteroatoms. The van der Waals surface area contributed by atoms with Crippen LogP contribution in [-0.4, -0.2) is 28.6 Å². The summed E-state index contributed by atoms with van der Waals surface area (Å²) in [5.41, 5.74) is 0.372. The van der Waals surface area contributed by atoms with Gasteiger partial charge in [0.2, 0.25) is 0 Å². The van der Waals surface area contributed by atoms with Crippen LogP contribution in [-0.2, 0) is 0 Å². The third-order valence-electron chi connectivity index (χ3n) is 2.92. The van der Waals surface area contributed by atoms with Gasteiger partial charge >= 0.3 is 0 Å². The number of aromatic nitrogens is 1. The maximum absolute atomic E-state index is 11.0. The molecule has 0 saturated carbocycles. The molecule has 0 fully saturated rings. The summed E-state index contributed by atoms with van der Waals surface area (Å²) in [6.07, 6.45) is 1.54. The predicted molar refractivity (Wildman–Crippen MR) is 81.6 cm³/mol. The zero-order valence-corrected chi connectivity index (χ0v) is 12.4. The van der Waals surface area contributed by atoms with E-state index < -0.39 is 4.92 Å². The van der Waals surface area contributed by atoms with Gasteiger partial charge in [0.25, 0.3) is 5.69 Å². The van der Waals surface area contributed by atoms with Gasteiger partial charge in [-0.2, -0.15) is 0 Å². The van der Waals surface area contributed by atoms with Gasteiger partial charge < -0.3 is 10.1 Å². The summed E-state index contributed by atoms with van der Waals surface area (Å²) in [5, 5.41) is 15.0. The number of rotatable bonds is 5. The Bertz CT molecular complexity index is 650. The van der Waals surface area contributed by atoms with Gasteiger partial charge in [-0.1, -0.05) is 0 Å². The topological polar surface area (TPSA) is 77.3 Å². The average Bonchev–Trinajstić information content (AvgIpc) is 2.42. The molecule has 6 nitrogen and oxygen atoms in total. The molecule has 1 N–H and O–H groups in total. The lowest BCUT2D eigenvalue weighted by atomic mass is 10.1. The Hall–Kier alpha value is -2.21. The van der Waals surface area contributed by atoms with Crippen LogP contribution in [0.5, 0.6) is 5.75 Å². The van der Waals surface area contributed by atoms with Gasteiger partial charge in [-0.3, -0.25) is 10.1 Å². The number of nitro groups is 1. The lowest BCUT2D eigenvalue weighted by Crippen LogP contribution is -2.38. The Kier molecular flexibility index (Phi) is 4.37. The van der Waals surface area contributed by atoms with E-state index >= 15 is 0 Å². The first kappa shape index (κ1) is 15.2. The van der Waals surface area contributed by atoms with E-state index in [0.717, 1.165) is 0 Å². The fourth-order valence-corrected chi connectivity index (χ4v) is 1.99. The third kappa shape index (κ3) is 3.88. The summed E-state index contributed by atoms with van der Waals surface area (Å²) >= 11 is 0. The molecule has 21 heavy (non-hydrogen) atoms. The number of ether oxygens (including phenoxy) is 1. The highest BCUT2D eigenvalue weighted by atomic mass is 16.6. The molecule has 0 aliphatic rings. The van der Waals surface area contributed by atoms with Crippen molar-refractivity contribution in [1.29, 1.82) is 0 Å². The third-order valence-corrected chi connectivity index (χ3v) is 2.92. The van der Waals surface area contributed by atoms with E-state index in [9.17, 15) is 10.1 Å². The van der Waals surface area contributed by atoms with Crippen molar-refractivity contribution in [2.24, 2.45) is 0 Å². The molecule has 0 aliphatic carbocycles. The van der Waals surface area contributed by atoms with Crippen LogP contribution in [0.25, 0.3) is 10.9 Å². The SMILES string of the molecule is CC(C)(C)NCCOc1ccc([N+](=O)[O-])c2ncccc12. The number of benzene rings is 1. The second kappa shape index (κ2) is 6.05. The van der Waals surface area contributed by atoms with E-state index in [2.05, 4.69) is 31.1 Å². The molecule has 112 valence electrons. The second-order valence-corrected chi connectivity index (χ2v) is 5.76. The van der Waals surface area contributed by atoms with E-state index in [4.69, 9.17) is 4.74 Å². The van der Waals surface area contributed by atoms with Crippen LogP contribution in [0.15, 0.2) is 30.5 Å². The Morgan fingerprint density at radius 2 is 2.10 bits per heavy atom. The Morgan fingerprint density at radius 3 is 2.76 bits per heavy atom. The molecular formula is C15H19N3O3. The molecule has 0 amide bonds. The van der Waals surface area contributed by atoms with Crippen molar-refractivity contribution in [2.45, 2.75) is 26.3 Å². The summed E-state index contributed by atoms with van der Waals surface area (Å²) in [6, 6.07) is 6.58. The number of non-ortho nitro benzene ring substituents is 1. The summed E-state index contributed by atoms with van der Waals surface area (Å²) in [6.45, 7) is 7.43. The van der Waals surface area contributed by atoms with E-state index in [1.54, 1.807) is 24.4 Å². The molecule has 0 radical (unpaired) electrons. The number of hydrogen-bond acceptors (Lipinski definition) is 5. The van der Waals surface area contributed by atoms with Gasteiger partial charge in [0.05, 0.1) is 4.92 Å². The maximum Gasteiger partial charge on any atom is 0.295 e. The molecule has 0 saturated heterocycles. The van der Waals surface area contributed by atoms with E-state index in [1.165, 1.54) is 6.07 Å². The van der Waals surface area contributed by atoms with E-state index in [-0.39, 0.29) is 11.2 Å². The van der Waals surface area contributed by atoms with Crippen LogP contribution < -0.4 is 10.1 Å². The minimum Gasteiger partial charge on any atom is -0.492 e. The van der Waals surface area contributed by atoms with Crippen LogP contribution >= 0.6 is 0 Å². The van der Waals surface area contributed by atoms with E-state index in [0.29, 0.717) is 29.8 Å². The van der Waals surface area contributed by atoms with Crippen molar-refractivity contribution in [3.63, 3.8) is 0 Å². The molecular weight excluding hydrogens is 270 g/mol. The number of fused-ring (bicyclic) bond motifs is 1. The quantitative estimate of drug-likeness (QED) is 0.520. The van der Waals surface area contributed by atoms with Gasteiger partial charge in [-0.05, 0) is 39.0 Å². The van der Waals surface area contributed by atoms with Crippen LogP contribution in [0.4, 0.5) is 5.69 Å². The first-order valence-electron chi connectivity index (χ1n) is 6.78. The number of pyridine rings is 1. The molecule has 0 atom stereocenters. The highest BCUT2D eigenvalue weighted by Gasteiger charge is 2.16. The molecule has 0 unspecified atom stereocenters. The molecule has 0 bridgehead atoms. The number of hydrogen-bond donors (Lipinski definition) is 1. The first-order valence-corrected chi connectivity index (χ1v) is 6.78. The van der Waals surface area contributed by atoms with Crippen LogP contribution in [0.2, 0.25) is 0 Å². The smallest absolute Gasteiger partial charge is 0.295 e. The Balaban J connectivity index is 2.18. The number of nitro benzene ring substituents is 1. The van der Waals surface area contributed by atoms with Gasteiger partial charge in [-0.25, -0.2) is 4.98 Å². The molecule has 0 spiro atoms. The monoisotopic (exact) mass is 289 g/mol. The first-order chi connectivity index (χ1) is 9.88. The zero-order chi connectivity index (χ0) is 15.5. The van der Waals surface area contributed by atoms with Crippen molar-refractivity contribution >= 4 is 16.6 Å². The van der Waals surface area contributed by atoms with Crippen LogP contribution in [0.3, 0.4) is 0 Å². The summed E-state index contributed by atoms with van der Waals surface area (Å²) in [5.74, 6) is 0.611. The lowest BCUT2D eigenvalue weighted by molar-refractivity contribution is -0.383. The highest BCUT2D eigenvalue weighted by Crippen LogP contribution is 2.31. The van der Waals surface area contributed by atoms with Gasteiger partial charge in [0.1, 0.15) is 12.4 Å². The van der Waals surface area contributed by atoms with Crippen molar-refractivity contribution in [2.75, 3.05) is 13.2 Å². The number of nitrogens with zero attached hydrogens (tertiary/aromatic N) is 2. The molecule has 1 aromatic carbocycles. The normalized spacial score (nSPS) is 11.6. The fraction of sp³-hybridized carbons (Fsp3) is 0.400. The minimum absolute atomic E-state index is 0.00855. The highest BCUT2D eigenvalue weighted by molar-refractivity contribution is 5.91. The molecule has 1 aromatic heterocycles. The summed E-state index contributed by atoms with van der Waals surface area (Å²) < 4.78 is 5.72. The predicted octanol–water partition coefficient (Wildman–Crippen LogP) is 2.91. The molecule has 1 heterocycles. The minimum atomic E-state index is -0.430. The van der Waals surface area contributed by atoms with Crippen molar-refractivity contribution in [3.8, 4) is 5.75 Å². The Morgan fingerprint density at radius 1 is 1.33 bits per heavy atom. The van der Waals surface area contributed by atoms with Crippen LogP contribution in [0.1, 0.15) is 20.8 Å². The fourth-order valence-electron chi connectivity index (χ4n) is 1.99. The van der Waals surface area contributed by atoms with Gasteiger partial charge in [0, 0.05) is 29.7 Å². The number of nitrogens with one attached hydrogen (secondary N) is 1. The van der Waals surface area contributed by atoms with Gasteiger partial charge in [0.15, 0.2) is 5.52 Å². The zero-order valence-electron chi connectivity index (χ0n) is 12.4. The second-order valence-electron chi connectivity index (χ2n) is 5.76. The standard InChI is InChI=1S/C15H19N3O3/c1-15(2,3)17-9-10-21-13-7-6-12(18(19)20)14-11(13)5-4-8-16-14/h4-8,17H,9-10H2,1-3H3. The largest absolute Gasteiger partial charge is 0.492 e. The Labute approximate surface area is 123 Å². The van der Waals surface area contributed by atoms with E-state index in [1.807, 2.05) is 0 Å². The lowest BCUT2D eigenvalue weighted by Gasteiger charge is -2.20. The van der Waals surface area contributed by atoms with Crippen molar-refractivity contribution < 1.29 is 9.66 Å². The average molecular weight is 289 g/mol. The van der Waals surface area contributed by atoms with Crippen molar-refractivity contribution in [3.05, 3.63) is 40.6 Å². The summed E-state index contributed by atoms with van der Waals surface area (Å²) in [4.78, 5) is 14.7. The maximum atomic E-state index is 11.0. The molecule has 2 aromatic rings. The van der Waals surface area contributed by atoms with Crippen LogP contribution in [0, 0.1) is 10.1 Å². The van der Waals surface area contributed by atoms with Gasteiger partial charge in [-0.15, -0.1) is 0 Å². The van der Waals surface area contributed by atoms with Crippen molar-refractivity contribution in [1.82, 2.24) is 10.3 Å². The summed E-state index contributed by atoms with van der Waals surface area (Å²) in [7, 11) is 0. The molecule has 2 rings (SSSR count).